The molecule has 0 bridgehead atoms. The predicted molar refractivity (Wildman–Crippen MR) is 172 cm³/mol. The second-order valence-electron chi connectivity index (χ2n) is 12.0. The molecule has 0 aliphatic carbocycles. The molecule has 0 unspecified atom stereocenters. The van der Waals surface area contributed by atoms with Gasteiger partial charge in [0.15, 0.2) is 12.4 Å². The van der Waals surface area contributed by atoms with Crippen LogP contribution in [0.3, 0.4) is 0 Å². The van der Waals surface area contributed by atoms with Gasteiger partial charge in [-0.3, -0.25) is 14.4 Å². The van der Waals surface area contributed by atoms with E-state index in [9.17, 15) is 19.2 Å². The van der Waals surface area contributed by atoms with Crippen LogP contribution in [0.25, 0.3) is 0 Å². The fourth-order valence-corrected chi connectivity index (χ4v) is 4.93. The van der Waals surface area contributed by atoms with Crippen molar-refractivity contribution in [2.24, 2.45) is 5.92 Å². The predicted octanol–water partition coefficient (Wildman–Crippen LogP) is 6.78. The van der Waals surface area contributed by atoms with Crippen molar-refractivity contribution in [3.8, 4) is 23.0 Å². The normalized spacial score (nSPS) is 14.5. The van der Waals surface area contributed by atoms with E-state index in [0.717, 1.165) is 0 Å². The maximum absolute atomic E-state index is 12.8. The molecule has 1 amide bonds. The summed E-state index contributed by atoms with van der Waals surface area (Å²) < 4.78 is 21.7. The molecule has 9 heteroatoms. The average molecular weight is 622 g/mol. The van der Waals surface area contributed by atoms with Crippen molar-refractivity contribution < 1.29 is 38.1 Å². The third-order valence-corrected chi connectivity index (χ3v) is 7.60. The van der Waals surface area contributed by atoms with Gasteiger partial charge in [0.25, 0.3) is 0 Å². The van der Waals surface area contributed by atoms with Crippen molar-refractivity contribution in [1.29, 1.82) is 0 Å². The number of amides is 1. The second-order valence-corrected chi connectivity index (χ2v) is 12.0. The van der Waals surface area contributed by atoms with E-state index in [4.69, 9.17) is 18.9 Å². The van der Waals surface area contributed by atoms with Crippen LogP contribution >= 0.6 is 0 Å². The van der Waals surface area contributed by atoms with Crippen LogP contribution in [0.15, 0.2) is 97.1 Å². The van der Waals surface area contributed by atoms with Gasteiger partial charge in [-0.1, -0.05) is 39.0 Å². The molecule has 5 rings (SSSR count). The van der Waals surface area contributed by atoms with E-state index in [2.05, 4.69) is 20.8 Å². The Balaban J connectivity index is 1.10. The van der Waals surface area contributed by atoms with Gasteiger partial charge in [0.1, 0.15) is 23.0 Å². The quantitative estimate of drug-likeness (QED) is 0.108. The van der Waals surface area contributed by atoms with Crippen LogP contribution in [-0.2, 0) is 19.7 Å². The zero-order valence-electron chi connectivity index (χ0n) is 26.1. The summed E-state index contributed by atoms with van der Waals surface area (Å²) in [6, 6.07) is 27.5. The molecule has 0 radical (unpaired) electrons. The van der Waals surface area contributed by atoms with Gasteiger partial charge in [0.2, 0.25) is 5.91 Å². The molecule has 1 atom stereocenters. The Bertz CT molecular complexity index is 1720. The molecule has 0 saturated carbocycles. The van der Waals surface area contributed by atoms with Crippen LogP contribution in [0.4, 0.5) is 5.69 Å². The minimum atomic E-state index is -0.698. The number of carbonyl (C=O) groups excluding carboxylic acids is 4. The van der Waals surface area contributed by atoms with E-state index >= 15 is 0 Å². The van der Waals surface area contributed by atoms with E-state index in [1.807, 2.05) is 24.3 Å². The summed E-state index contributed by atoms with van der Waals surface area (Å²) in [5.41, 5.74) is 2.50. The molecule has 0 aromatic heterocycles. The number of hydrogen-bond donors (Lipinski definition) is 0. The van der Waals surface area contributed by atoms with Gasteiger partial charge in [0.05, 0.1) is 18.6 Å². The number of methoxy groups -OCH3 is 1. The first-order valence-corrected chi connectivity index (χ1v) is 14.8. The van der Waals surface area contributed by atoms with Crippen molar-refractivity contribution in [2.75, 3.05) is 25.2 Å². The summed E-state index contributed by atoms with van der Waals surface area (Å²) in [4.78, 5) is 52.1. The number of anilines is 1. The van der Waals surface area contributed by atoms with Gasteiger partial charge in [-0.25, -0.2) is 4.79 Å². The van der Waals surface area contributed by atoms with Crippen LogP contribution in [0.2, 0.25) is 0 Å². The highest BCUT2D eigenvalue weighted by atomic mass is 16.5. The minimum absolute atomic E-state index is 0.0151. The molecule has 1 saturated heterocycles. The molecule has 0 spiro atoms. The number of rotatable bonds is 10. The van der Waals surface area contributed by atoms with Gasteiger partial charge in [-0.2, -0.15) is 0 Å². The summed E-state index contributed by atoms with van der Waals surface area (Å²) in [6.45, 7) is 6.13. The summed E-state index contributed by atoms with van der Waals surface area (Å²) in [7, 11) is 1.50. The Morgan fingerprint density at radius 1 is 0.783 bits per heavy atom. The van der Waals surface area contributed by atoms with Crippen LogP contribution in [0.5, 0.6) is 23.0 Å². The first kappa shape index (κ1) is 32.0. The monoisotopic (exact) mass is 621 g/mol. The molecule has 46 heavy (non-hydrogen) atoms. The topological polar surface area (TPSA) is 108 Å². The number of Topliss-reactive ketones (excluding diaryl/α,β-unsaturated/α-hetero) is 1. The fourth-order valence-electron chi connectivity index (χ4n) is 4.93. The Morgan fingerprint density at radius 3 is 2.04 bits per heavy atom. The Kier molecular flexibility index (Phi) is 9.51. The highest BCUT2D eigenvalue weighted by Crippen LogP contribution is 2.30. The lowest BCUT2D eigenvalue weighted by Gasteiger charge is -2.19. The van der Waals surface area contributed by atoms with E-state index in [1.165, 1.54) is 41.8 Å². The van der Waals surface area contributed by atoms with E-state index < -0.39 is 30.2 Å². The van der Waals surface area contributed by atoms with Gasteiger partial charge in [0, 0.05) is 24.2 Å². The Morgan fingerprint density at radius 2 is 1.41 bits per heavy atom. The lowest BCUT2D eigenvalue weighted by molar-refractivity contribution is -0.147. The summed E-state index contributed by atoms with van der Waals surface area (Å²) in [5, 5.41) is 0. The van der Waals surface area contributed by atoms with Crippen LogP contribution in [-0.4, -0.2) is 43.9 Å². The van der Waals surface area contributed by atoms with Gasteiger partial charge >= 0.3 is 11.9 Å². The molecular formula is C37H35NO8. The molecule has 1 aliphatic heterocycles. The lowest BCUT2D eigenvalue weighted by Crippen LogP contribution is -2.27. The fraction of sp³-hybridized carbons (Fsp3) is 0.243. The lowest BCUT2D eigenvalue weighted by atomic mass is 9.87. The van der Waals surface area contributed by atoms with E-state index in [1.54, 1.807) is 48.5 Å². The first-order chi connectivity index (χ1) is 22.0. The number of ether oxygens (including phenoxy) is 4. The molecule has 1 aliphatic rings. The number of ketones is 1. The zero-order valence-corrected chi connectivity index (χ0v) is 26.1. The summed E-state index contributed by atoms with van der Waals surface area (Å²) in [5.74, 6) is -0.419. The number of nitrogens with zero attached hydrogens (tertiary/aromatic N) is 1. The Labute approximate surface area is 267 Å². The molecule has 0 N–H and O–H groups in total. The van der Waals surface area contributed by atoms with Crippen molar-refractivity contribution in [1.82, 2.24) is 0 Å². The van der Waals surface area contributed by atoms with Crippen LogP contribution in [0, 0.1) is 5.92 Å². The zero-order chi connectivity index (χ0) is 32.8. The first-order valence-electron chi connectivity index (χ1n) is 14.8. The average Bonchev–Trinajstić information content (AvgIpc) is 3.45. The largest absolute Gasteiger partial charge is 0.497 e. The number of hydrogen-bond acceptors (Lipinski definition) is 8. The Hall–Kier alpha value is -5.44. The van der Waals surface area contributed by atoms with Crippen molar-refractivity contribution >= 4 is 29.3 Å². The number of esters is 2. The van der Waals surface area contributed by atoms with E-state index in [-0.39, 0.29) is 35.6 Å². The highest BCUT2D eigenvalue weighted by Gasteiger charge is 2.36. The molecule has 1 fully saturated rings. The third kappa shape index (κ3) is 7.79. The second kappa shape index (κ2) is 13.7. The van der Waals surface area contributed by atoms with Crippen molar-refractivity contribution in [3.05, 3.63) is 114 Å². The van der Waals surface area contributed by atoms with Crippen molar-refractivity contribution in [3.63, 3.8) is 0 Å². The maximum Gasteiger partial charge on any atom is 0.343 e. The summed E-state index contributed by atoms with van der Waals surface area (Å²) >= 11 is 0. The molecule has 9 nitrogen and oxygen atoms in total. The standard InChI is InChI=1S/C37H35NO8/c1-37(2,3)27-10-16-29(17-11-27)45-30-18-12-28(13-19-30)38-22-26(21-34(38)40)35(41)44-23-33(39)24-8-14-31(15-9-24)46-36(42)25-6-5-7-32(20-25)43-4/h5-20,26H,21-23H2,1-4H3/t26-/m1/s1. The van der Waals surface area contributed by atoms with Gasteiger partial charge in [-0.05, 0) is 89.8 Å². The maximum atomic E-state index is 12.8. The third-order valence-electron chi connectivity index (χ3n) is 7.60. The van der Waals surface area contributed by atoms with Gasteiger partial charge < -0.3 is 23.8 Å². The minimum Gasteiger partial charge on any atom is -0.497 e. The molecule has 4 aromatic carbocycles. The molecule has 236 valence electrons. The smallest absolute Gasteiger partial charge is 0.343 e. The van der Waals surface area contributed by atoms with Crippen LogP contribution < -0.4 is 19.1 Å². The number of carbonyl (C=O) groups is 4. The van der Waals surface area contributed by atoms with Crippen molar-refractivity contribution in [2.45, 2.75) is 32.6 Å². The van der Waals surface area contributed by atoms with Crippen LogP contribution in [0.1, 0.15) is 53.5 Å². The SMILES string of the molecule is COc1cccc(C(=O)Oc2ccc(C(=O)COC(=O)[C@@H]3CC(=O)N(c4ccc(Oc5ccc(C(C)(C)C)cc5)cc4)C3)cc2)c1. The summed E-state index contributed by atoms with van der Waals surface area (Å²) in [6.07, 6.45) is -0.0151. The molecule has 1 heterocycles. The molecule has 4 aromatic rings. The highest BCUT2D eigenvalue weighted by molar-refractivity contribution is 6.01. The number of benzene rings is 4. The molecular weight excluding hydrogens is 586 g/mol. The van der Waals surface area contributed by atoms with E-state index in [0.29, 0.717) is 28.5 Å². The van der Waals surface area contributed by atoms with Gasteiger partial charge in [-0.15, -0.1) is 0 Å².